The minimum Gasteiger partial charge on any atom is -0.340 e. The summed E-state index contributed by atoms with van der Waals surface area (Å²) in [6.07, 6.45) is 5.77. The number of rotatable bonds is 2. The van der Waals surface area contributed by atoms with Gasteiger partial charge < -0.3 is 9.13 Å². The van der Waals surface area contributed by atoms with E-state index in [1.165, 1.54) is 0 Å². The van der Waals surface area contributed by atoms with Gasteiger partial charge in [0, 0.05) is 36.5 Å². The molecule has 0 amide bonds. The lowest BCUT2D eigenvalue weighted by atomic mass is 10.2. The van der Waals surface area contributed by atoms with Gasteiger partial charge in [-0.25, -0.2) is 4.98 Å². The van der Waals surface area contributed by atoms with Crippen molar-refractivity contribution in [2.45, 2.75) is 6.54 Å². The molecule has 0 saturated carbocycles. The van der Waals surface area contributed by atoms with Crippen molar-refractivity contribution >= 4 is 10.9 Å². The first-order chi connectivity index (χ1) is 8.78. The molecule has 0 saturated heterocycles. The second kappa shape index (κ2) is 4.04. The third kappa shape index (κ3) is 1.66. The molecule has 0 fully saturated rings. The fraction of sp³-hybridized carbons (Fsp3) is 0.143. The highest BCUT2D eigenvalue weighted by Crippen LogP contribution is 2.18. The van der Waals surface area contributed by atoms with Crippen molar-refractivity contribution in [3.05, 3.63) is 54.2 Å². The van der Waals surface area contributed by atoms with Crippen molar-refractivity contribution in [3.8, 4) is 6.07 Å². The quantitative estimate of drug-likeness (QED) is 0.685. The average Bonchev–Trinajstić information content (AvgIpc) is 2.97. The molecule has 0 N–H and O–H groups in total. The van der Waals surface area contributed by atoms with Gasteiger partial charge in [-0.15, -0.1) is 0 Å². The first-order valence-corrected chi connectivity index (χ1v) is 5.73. The van der Waals surface area contributed by atoms with Gasteiger partial charge in [-0.05, 0) is 24.3 Å². The van der Waals surface area contributed by atoms with Gasteiger partial charge in [0.2, 0.25) is 0 Å². The summed E-state index contributed by atoms with van der Waals surface area (Å²) in [7, 11) is 1.99. The third-order valence-corrected chi connectivity index (χ3v) is 3.13. The van der Waals surface area contributed by atoms with Crippen LogP contribution in [0.1, 0.15) is 11.4 Å². The van der Waals surface area contributed by atoms with Crippen molar-refractivity contribution in [1.82, 2.24) is 14.1 Å². The number of imidazole rings is 1. The predicted octanol–water partition coefficient (Wildman–Crippen LogP) is 2.29. The molecule has 0 aliphatic heterocycles. The van der Waals surface area contributed by atoms with Crippen molar-refractivity contribution in [3.63, 3.8) is 0 Å². The van der Waals surface area contributed by atoms with Crippen molar-refractivity contribution < 1.29 is 0 Å². The standard InChI is InChI=1S/C14H12N4/c1-17-7-5-16-14(17)10-18-6-4-12-8-11(9-15)2-3-13(12)18/h2-8H,10H2,1H3. The van der Waals surface area contributed by atoms with Crippen LogP contribution in [0.5, 0.6) is 0 Å². The van der Waals surface area contributed by atoms with Crippen LogP contribution in [0, 0.1) is 11.3 Å². The summed E-state index contributed by atoms with van der Waals surface area (Å²) in [6, 6.07) is 9.92. The molecule has 3 aromatic rings. The Bertz CT molecular complexity index is 743. The molecule has 0 aliphatic carbocycles. The molecular formula is C14H12N4. The zero-order chi connectivity index (χ0) is 12.5. The molecule has 0 radical (unpaired) electrons. The summed E-state index contributed by atoms with van der Waals surface area (Å²) in [4.78, 5) is 4.32. The van der Waals surface area contributed by atoms with Crippen LogP contribution in [0.3, 0.4) is 0 Å². The van der Waals surface area contributed by atoms with Crippen LogP contribution >= 0.6 is 0 Å². The van der Waals surface area contributed by atoms with Crippen LogP contribution in [0.15, 0.2) is 42.9 Å². The normalized spacial score (nSPS) is 10.7. The Balaban J connectivity index is 2.04. The molecule has 0 unspecified atom stereocenters. The molecular weight excluding hydrogens is 224 g/mol. The molecule has 18 heavy (non-hydrogen) atoms. The van der Waals surface area contributed by atoms with Crippen LogP contribution in [0.25, 0.3) is 10.9 Å². The van der Waals surface area contributed by atoms with Gasteiger partial charge in [-0.3, -0.25) is 0 Å². The lowest BCUT2D eigenvalue weighted by Crippen LogP contribution is -2.04. The minimum absolute atomic E-state index is 0.692. The van der Waals surface area contributed by atoms with E-state index in [0.717, 1.165) is 23.3 Å². The van der Waals surface area contributed by atoms with Crippen LogP contribution in [-0.4, -0.2) is 14.1 Å². The SMILES string of the molecule is Cn1ccnc1Cn1ccc2cc(C#N)ccc21. The molecule has 3 rings (SSSR count). The number of aromatic nitrogens is 3. The number of nitriles is 1. The van der Waals surface area contributed by atoms with Gasteiger partial charge in [-0.1, -0.05) is 0 Å². The summed E-state index contributed by atoms with van der Waals surface area (Å²) in [5.41, 5.74) is 1.81. The monoisotopic (exact) mass is 236 g/mol. The van der Waals surface area contributed by atoms with E-state index in [1.54, 1.807) is 6.20 Å². The Morgan fingerprint density at radius 3 is 2.89 bits per heavy atom. The lowest BCUT2D eigenvalue weighted by Gasteiger charge is -2.05. The van der Waals surface area contributed by atoms with E-state index in [0.29, 0.717) is 5.56 Å². The molecule has 0 atom stereocenters. The average molecular weight is 236 g/mol. The maximum atomic E-state index is 8.88. The Hall–Kier alpha value is -2.54. The van der Waals surface area contributed by atoms with E-state index in [2.05, 4.69) is 15.6 Å². The number of benzene rings is 1. The highest BCUT2D eigenvalue weighted by Gasteiger charge is 2.05. The topological polar surface area (TPSA) is 46.5 Å². The van der Waals surface area contributed by atoms with E-state index >= 15 is 0 Å². The molecule has 4 nitrogen and oxygen atoms in total. The number of aryl methyl sites for hydroxylation is 1. The highest BCUT2D eigenvalue weighted by molar-refractivity contribution is 5.81. The molecule has 0 bridgehead atoms. The summed E-state index contributed by atoms with van der Waals surface area (Å²) >= 11 is 0. The second-order valence-electron chi connectivity index (χ2n) is 4.28. The van der Waals surface area contributed by atoms with E-state index in [-0.39, 0.29) is 0 Å². The van der Waals surface area contributed by atoms with E-state index in [4.69, 9.17) is 5.26 Å². The van der Waals surface area contributed by atoms with Crippen LogP contribution in [-0.2, 0) is 13.6 Å². The summed E-state index contributed by atoms with van der Waals surface area (Å²) in [5.74, 6) is 1.01. The Morgan fingerprint density at radius 2 is 2.17 bits per heavy atom. The largest absolute Gasteiger partial charge is 0.340 e. The van der Waals surface area contributed by atoms with Gasteiger partial charge >= 0.3 is 0 Å². The highest BCUT2D eigenvalue weighted by atomic mass is 15.1. The van der Waals surface area contributed by atoms with Gasteiger partial charge in [0.15, 0.2) is 0 Å². The van der Waals surface area contributed by atoms with Crippen molar-refractivity contribution in [1.29, 1.82) is 5.26 Å². The minimum atomic E-state index is 0.692. The van der Waals surface area contributed by atoms with Gasteiger partial charge in [0.25, 0.3) is 0 Å². The van der Waals surface area contributed by atoms with Crippen molar-refractivity contribution in [2.75, 3.05) is 0 Å². The predicted molar refractivity (Wildman–Crippen MR) is 69.0 cm³/mol. The van der Waals surface area contributed by atoms with E-state index < -0.39 is 0 Å². The Kier molecular flexibility index (Phi) is 2.38. The van der Waals surface area contributed by atoms with Gasteiger partial charge in [0.05, 0.1) is 18.2 Å². The molecule has 2 heterocycles. The van der Waals surface area contributed by atoms with E-state index in [1.807, 2.05) is 48.3 Å². The van der Waals surface area contributed by atoms with Gasteiger partial charge in [-0.2, -0.15) is 5.26 Å². The Labute approximate surface area is 105 Å². The first-order valence-electron chi connectivity index (χ1n) is 5.73. The Morgan fingerprint density at radius 1 is 1.28 bits per heavy atom. The third-order valence-electron chi connectivity index (χ3n) is 3.13. The number of fused-ring (bicyclic) bond motifs is 1. The lowest BCUT2D eigenvalue weighted by molar-refractivity contribution is 0.718. The maximum Gasteiger partial charge on any atom is 0.128 e. The molecule has 4 heteroatoms. The van der Waals surface area contributed by atoms with Gasteiger partial charge in [0.1, 0.15) is 5.82 Å². The van der Waals surface area contributed by atoms with Crippen LogP contribution < -0.4 is 0 Å². The first kappa shape index (κ1) is 10.6. The van der Waals surface area contributed by atoms with E-state index in [9.17, 15) is 0 Å². The molecule has 2 aromatic heterocycles. The summed E-state index contributed by atoms with van der Waals surface area (Å²) in [5, 5.41) is 9.96. The number of hydrogen-bond donors (Lipinski definition) is 0. The smallest absolute Gasteiger partial charge is 0.128 e. The molecule has 88 valence electrons. The molecule has 0 spiro atoms. The molecule has 0 aliphatic rings. The zero-order valence-electron chi connectivity index (χ0n) is 10.0. The zero-order valence-corrected chi connectivity index (χ0v) is 10.0. The number of nitrogens with zero attached hydrogens (tertiary/aromatic N) is 4. The van der Waals surface area contributed by atoms with Crippen LogP contribution in [0.2, 0.25) is 0 Å². The maximum absolute atomic E-state index is 8.88. The van der Waals surface area contributed by atoms with Crippen LogP contribution in [0.4, 0.5) is 0 Å². The summed E-state index contributed by atoms with van der Waals surface area (Å²) < 4.78 is 4.15. The second-order valence-corrected chi connectivity index (χ2v) is 4.28. The number of hydrogen-bond acceptors (Lipinski definition) is 2. The molecule has 1 aromatic carbocycles. The summed E-state index contributed by atoms with van der Waals surface area (Å²) in [6.45, 7) is 0.735. The fourth-order valence-electron chi connectivity index (χ4n) is 2.11. The van der Waals surface area contributed by atoms with Crippen molar-refractivity contribution in [2.24, 2.45) is 7.05 Å². The fourth-order valence-corrected chi connectivity index (χ4v) is 2.11.